The average molecular weight is 167 g/mol. The molecule has 1 aliphatic carbocycles. The molecule has 0 radical (unpaired) electrons. The lowest BCUT2D eigenvalue weighted by Crippen LogP contribution is -2.47. The fourth-order valence-electron chi connectivity index (χ4n) is 2.38. The van der Waals surface area contributed by atoms with E-state index in [9.17, 15) is 0 Å². The monoisotopic (exact) mass is 167 g/mol. The molecule has 0 aromatic rings. The molecular formula is C11H21N. The van der Waals surface area contributed by atoms with E-state index in [0.29, 0.717) is 0 Å². The van der Waals surface area contributed by atoms with Crippen molar-refractivity contribution in [1.82, 2.24) is 4.90 Å². The van der Waals surface area contributed by atoms with Crippen LogP contribution in [0.5, 0.6) is 0 Å². The molecule has 12 heavy (non-hydrogen) atoms. The van der Waals surface area contributed by atoms with Crippen molar-refractivity contribution in [3.8, 4) is 0 Å². The summed E-state index contributed by atoms with van der Waals surface area (Å²) in [5, 5.41) is 0. The molecule has 2 rings (SSSR count). The first kappa shape index (κ1) is 8.55. The number of nitrogens with zero attached hydrogens (tertiary/aromatic N) is 1. The van der Waals surface area contributed by atoms with Crippen molar-refractivity contribution >= 4 is 0 Å². The summed E-state index contributed by atoms with van der Waals surface area (Å²) in [6.07, 6.45) is 5.85. The van der Waals surface area contributed by atoms with Gasteiger partial charge >= 0.3 is 0 Å². The Morgan fingerprint density at radius 2 is 1.75 bits per heavy atom. The second kappa shape index (κ2) is 3.37. The number of hydrogen-bond acceptors (Lipinski definition) is 1. The normalized spacial score (nSPS) is 39.5. The SMILES string of the molecule is C[C@@H]1CN(C2CCC2)CC[C@@H]1C. The van der Waals surface area contributed by atoms with Crippen LogP contribution in [-0.2, 0) is 0 Å². The Morgan fingerprint density at radius 1 is 1.00 bits per heavy atom. The molecule has 1 saturated carbocycles. The van der Waals surface area contributed by atoms with Gasteiger partial charge in [-0.05, 0) is 37.6 Å². The number of likely N-dealkylation sites (tertiary alicyclic amines) is 1. The van der Waals surface area contributed by atoms with Crippen LogP contribution in [-0.4, -0.2) is 24.0 Å². The van der Waals surface area contributed by atoms with E-state index in [0.717, 1.165) is 17.9 Å². The number of rotatable bonds is 1. The van der Waals surface area contributed by atoms with Gasteiger partial charge in [0.05, 0.1) is 0 Å². The van der Waals surface area contributed by atoms with Crippen molar-refractivity contribution in [2.24, 2.45) is 11.8 Å². The van der Waals surface area contributed by atoms with Crippen LogP contribution in [0.25, 0.3) is 0 Å². The predicted octanol–water partition coefficient (Wildman–Crippen LogP) is 2.52. The summed E-state index contributed by atoms with van der Waals surface area (Å²) >= 11 is 0. The standard InChI is InChI=1S/C11H21N/c1-9-6-7-12(8-10(9)2)11-4-3-5-11/h9-11H,3-8H2,1-2H3/t9-,10+/m0/s1. The van der Waals surface area contributed by atoms with Gasteiger partial charge in [-0.3, -0.25) is 0 Å². The first-order valence-electron chi connectivity index (χ1n) is 5.51. The quantitative estimate of drug-likeness (QED) is 0.580. The van der Waals surface area contributed by atoms with Gasteiger partial charge in [0.25, 0.3) is 0 Å². The zero-order valence-corrected chi connectivity index (χ0v) is 8.42. The highest BCUT2D eigenvalue weighted by Gasteiger charge is 2.30. The lowest BCUT2D eigenvalue weighted by molar-refractivity contribution is 0.0581. The van der Waals surface area contributed by atoms with E-state index in [2.05, 4.69) is 18.7 Å². The molecule has 70 valence electrons. The van der Waals surface area contributed by atoms with Gasteiger partial charge in [0.2, 0.25) is 0 Å². The maximum absolute atomic E-state index is 2.73. The minimum absolute atomic E-state index is 0.930. The molecule has 0 N–H and O–H groups in total. The van der Waals surface area contributed by atoms with E-state index in [4.69, 9.17) is 0 Å². The third-order valence-electron chi connectivity index (χ3n) is 3.96. The molecule has 0 bridgehead atoms. The second-order valence-corrected chi connectivity index (χ2v) is 4.82. The zero-order chi connectivity index (χ0) is 8.55. The molecule has 0 unspecified atom stereocenters. The third-order valence-corrected chi connectivity index (χ3v) is 3.96. The second-order valence-electron chi connectivity index (χ2n) is 4.82. The van der Waals surface area contributed by atoms with Gasteiger partial charge in [0, 0.05) is 12.6 Å². The van der Waals surface area contributed by atoms with Crippen LogP contribution in [0.15, 0.2) is 0 Å². The van der Waals surface area contributed by atoms with E-state index < -0.39 is 0 Å². The fourth-order valence-corrected chi connectivity index (χ4v) is 2.38. The van der Waals surface area contributed by atoms with Crippen molar-refractivity contribution < 1.29 is 0 Å². The van der Waals surface area contributed by atoms with Gasteiger partial charge in [0.1, 0.15) is 0 Å². The Bertz CT molecular complexity index is 151. The van der Waals surface area contributed by atoms with Crippen LogP contribution < -0.4 is 0 Å². The Balaban J connectivity index is 1.84. The third kappa shape index (κ3) is 1.52. The zero-order valence-electron chi connectivity index (χ0n) is 8.42. The molecule has 2 aliphatic rings. The highest BCUT2D eigenvalue weighted by Crippen LogP contribution is 2.30. The van der Waals surface area contributed by atoms with Gasteiger partial charge in [-0.1, -0.05) is 20.3 Å². The van der Waals surface area contributed by atoms with Crippen LogP contribution in [0.2, 0.25) is 0 Å². The molecule has 0 amide bonds. The minimum Gasteiger partial charge on any atom is -0.300 e. The smallest absolute Gasteiger partial charge is 0.00953 e. The maximum Gasteiger partial charge on any atom is 0.00953 e. The summed E-state index contributed by atoms with van der Waals surface area (Å²) in [7, 11) is 0. The van der Waals surface area contributed by atoms with Crippen LogP contribution in [0.4, 0.5) is 0 Å². The van der Waals surface area contributed by atoms with Crippen molar-refractivity contribution in [2.45, 2.75) is 45.6 Å². The van der Waals surface area contributed by atoms with E-state index >= 15 is 0 Å². The minimum atomic E-state index is 0.930. The van der Waals surface area contributed by atoms with Crippen molar-refractivity contribution in [3.63, 3.8) is 0 Å². The van der Waals surface area contributed by atoms with Gasteiger partial charge < -0.3 is 4.90 Å². The Hall–Kier alpha value is -0.0400. The Labute approximate surface area is 76.1 Å². The van der Waals surface area contributed by atoms with Crippen LogP contribution >= 0.6 is 0 Å². The van der Waals surface area contributed by atoms with E-state index in [1.54, 1.807) is 0 Å². The average Bonchev–Trinajstić information content (AvgIpc) is 1.93. The number of hydrogen-bond donors (Lipinski definition) is 0. The maximum atomic E-state index is 2.73. The Kier molecular flexibility index (Phi) is 2.40. The topological polar surface area (TPSA) is 3.24 Å². The van der Waals surface area contributed by atoms with E-state index in [1.807, 2.05) is 0 Å². The predicted molar refractivity (Wildman–Crippen MR) is 52.2 cm³/mol. The molecule has 0 aromatic carbocycles. The molecule has 2 atom stereocenters. The fraction of sp³-hybridized carbons (Fsp3) is 1.00. The molecule has 1 aliphatic heterocycles. The summed E-state index contributed by atoms with van der Waals surface area (Å²) < 4.78 is 0. The van der Waals surface area contributed by atoms with Crippen molar-refractivity contribution in [1.29, 1.82) is 0 Å². The molecule has 0 spiro atoms. The van der Waals surface area contributed by atoms with Gasteiger partial charge in [0.15, 0.2) is 0 Å². The van der Waals surface area contributed by atoms with Crippen LogP contribution in [0.3, 0.4) is 0 Å². The lowest BCUT2D eigenvalue weighted by atomic mass is 9.84. The highest BCUT2D eigenvalue weighted by atomic mass is 15.2. The van der Waals surface area contributed by atoms with Gasteiger partial charge in [-0.2, -0.15) is 0 Å². The molecule has 1 heteroatoms. The first-order valence-corrected chi connectivity index (χ1v) is 5.51. The van der Waals surface area contributed by atoms with Crippen molar-refractivity contribution in [2.75, 3.05) is 13.1 Å². The summed E-state index contributed by atoms with van der Waals surface area (Å²) in [4.78, 5) is 2.73. The Morgan fingerprint density at radius 3 is 2.25 bits per heavy atom. The lowest BCUT2D eigenvalue weighted by Gasteiger charge is -2.43. The molecule has 1 nitrogen and oxygen atoms in total. The molecule has 0 aromatic heterocycles. The highest BCUT2D eigenvalue weighted by molar-refractivity contribution is 4.85. The number of piperidine rings is 1. The van der Waals surface area contributed by atoms with E-state index in [1.165, 1.54) is 38.8 Å². The summed E-state index contributed by atoms with van der Waals surface area (Å²) in [6.45, 7) is 7.56. The summed E-state index contributed by atoms with van der Waals surface area (Å²) in [5.41, 5.74) is 0. The summed E-state index contributed by atoms with van der Waals surface area (Å²) in [6, 6.07) is 0.972. The summed E-state index contributed by atoms with van der Waals surface area (Å²) in [5.74, 6) is 1.89. The molecular weight excluding hydrogens is 146 g/mol. The van der Waals surface area contributed by atoms with E-state index in [-0.39, 0.29) is 0 Å². The first-order chi connectivity index (χ1) is 5.77. The van der Waals surface area contributed by atoms with Gasteiger partial charge in [-0.15, -0.1) is 0 Å². The van der Waals surface area contributed by atoms with Crippen molar-refractivity contribution in [3.05, 3.63) is 0 Å². The largest absolute Gasteiger partial charge is 0.300 e. The molecule has 2 fully saturated rings. The van der Waals surface area contributed by atoms with Crippen LogP contribution in [0, 0.1) is 11.8 Å². The molecule has 1 heterocycles. The van der Waals surface area contributed by atoms with Gasteiger partial charge in [-0.25, -0.2) is 0 Å². The molecule has 1 saturated heterocycles. The van der Waals surface area contributed by atoms with Crippen LogP contribution in [0.1, 0.15) is 39.5 Å².